The van der Waals surface area contributed by atoms with Gasteiger partial charge in [0, 0.05) is 30.3 Å². The van der Waals surface area contributed by atoms with Crippen molar-refractivity contribution in [3.05, 3.63) is 53.6 Å². The zero-order chi connectivity index (χ0) is 25.4. The number of hydrogen-bond acceptors (Lipinski definition) is 7. The van der Waals surface area contributed by atoms with Gasteiger partial charge in [0.05, 0.1) is 25.7 Å². The molecule has 0 aliphatic carbocycles. The molecule has 2 aromatic rings. The molecule has 11 nitrogen and oxygen atoms in total. The number of benzene rings is 2. The van der Waals surface area contributed by atoms with E-state index in [1.807, 2.05) is 0 Å². The Bertz CT molecular complexity index is 1150. The van der Waals surface area contributed by atoms with E-state index in [0.717, 1.165) is 19.3 Å². The number of piperidine rings is 1. The van der Waals surface area contributed by atoms with E-state index in [0.29, 0.717) is 24.6 Å². The molecule has 0 bridgehead atoms. The van der Waals surface area contributed by atoms with Crippen LogP contribution in [-0.2, 0) is 14.8 Å². The Balaban J connectivity index is 1.50. The number of carbonyl (C=O) groups excluding carboxylic acids is 3. The summed E-state index contributed by atoms with van der Waals surface area (Å²) in [6, 6.07) is 10.1. The minimum absolute atomic E-state index is 0.108. The molecule has 0 aromatic heterocycles. The number of amides is 3. The summed E-state index contributed by atoms with van der Waals surface area (Å²) in [5, 5.41) is 2.44. The average molecular weight is 505 g/mol. The van der Waals surface area contributed by atoms with Crippen LogP contribution in [0.5, 0.6) is 11.5 Å². The molecule has 0 unspecified atom stereocenters. The maximum atomic E-state index is 12.7. The SMILES string of the molecule is COc1cc(OC)cc(C(=O)NCC(=O)NNC(=O)c2ccc(S(=O)(=O)N3CCCCC3)cc2)c1. The van der Waals surface area contributed by atoms with Crippen LogP contribution in [0.4, 0.5) is 0 Å². The number of methoxy groups -OCH3 is 2. The number of nitrogens with zero attached hydrogens (tertiary/aromatic N) is 1. The first-order valence-electron chi connectivity index (χ1n) is 11.0. The van der Waals surface area contributed by atoms with Crippen LogP contribution in [0, 0.1) is 0 Å². The molecule has 0 radical (unpaired) electrons. The zero-order valence-electron chi connectivity index (χ0n) is 19.5. The van der Waals surface area contributed by atoms with Gasteiger partial charge in [0.15, 0.2) is 0 Å². The van der Waals surface area contributed by atoms with Crippen LogP contribution in [0.2, 0.25) is 0 Å². The first-order chi connectivity index (χ1) is 16.7. The molecule has 3 N–H and O–H groups in total. The Morgan fingerprint density at radius 3 is 2.00 bits per heavy atom. The molecular formula is C23H28N4O7S. The molecule has 0 spiro atoms. The summed E-state index contributed by atoms with van der Waals surface area (Å²) >= 11 is 0. The van der Waals surface area contributed by atoms with Crippen LogP contribution < -0.4 is 25.6 Å². The van der Waals surface area contributed by atoms with Crippen molar-refractivity contribution in [3.63, 3.8) is 0 Å². The molecule has 35 heavy (non-hydrogen) atoms. The molecule has 1 aliphatic heterocycles. The van der Waals surface area contributed by atoms with Crippen molar-refractivity contribution < 1.29 is 32.3 Å². The number of carbonyl (C=O) groups is 3. The van der Waals surface area contributed by atoms with Gasteiger partial charge in [0.2, 0.25) is 10.0 Å². The largest absolute Gasteiger partial charge is 0.497 e. The lowest BCUT2D eigenvalue weighted by Gasteiger charge is -2.25. The summed E-state index contributed by atoms with van der Waals surface area (Å²) in [6.07, 6.45) is 2.66. The first-order valence-corrected chi connectivity index (χ1v) is 12.4. The Morgan fingerprint density at radius 1 is 0.829 bits per heavy atom. The molecule has 0 saturated carbocycles. The molecule has 1 heterocycles. The number of hydrogen-bond donors (Lipinski definition) is 3. The number of ether oxygens (including phenoxy) is 2. The van der Waals surface area contributed by atoms with Crippen LogP contribution >= 0.6 is 0 Å². The predicted octanol–water partition coefficient (Wildman–Crippen LogP) is 1.07. The lowest BCUT2D eigenvalue weighted by molar-refractivity contribution is -0.120. The zero-order valence-corrected chi connectivity index (χ0v) is 20.3. The molecule has 2 aromatic carbocycles. The number of nitrogens with one attached hydrogen (secondary N) is 3. The van der Waals surface area contributed by atoms with E-state index in [4.69, 9.17) is 9.47 Å². The summed E-state index contributed by atoms with van der Waals surface area (Å²) in [6.45, 7) is 0.572. The minimum atomic E-state index is -3.60. The van der Waals surface area contributed by atoms with Crippen molar-refractivity contribution in [2.75, 3.05) is 33.9 Å². The van der Waals surface area contributed by atoms with E-state index < -0.39 is 34.3 Å². The van der Waals surface area contributed by atoms with E-state index in [9.17, 15) is 22.8 Å². The van der Waals surface area contributed by atoms with Gasteiger partial charge in [-0.3, -0.25) is 25.2 Å². The molecule has 188 valence electrons. The molecule has 3 rings (SSSR count). The smallest absolute Gasteiger partial charge is 0.269 e. The normalized spacial score (nSPS) is 14.0. The van der Waals surface area contributed by atoms with E-state index in [1.54, 1.807) is 6.07 Å². The van der Waals surface area contributed by atoms with E-state index >= 15 is 0 Å². The maximum absolute atomic E-state index is 12.7. The summed E-state index contributed by atoms with van der Waals surface area (Å²) in [5.74, 6) is -0.994. The van der Waals surface area contributed by atoms with Crippen LogP contribution in [0.15, 0.2) is 47.4 Å². The third kappa shape index (κ3) is 6.70. The van der Waals surface area contributed by atoms with Gasteiger partial charge < -0.3 is 14.8 Å². The number of hydrazine groups is 1. The molecule has 0 atom stereocenters. The van der Waals surface area contributed by atoms with Crippen LogP contribution in [0.3, 0.4) is 0 Å². The number of sulfonamides is 1. The van der Waals surface area contributed by atoms with Crippen LogP contribution in [0.25, 0.3) is 0 Å². The highest BCUT2D eigenvalue weighted by molar-refractivity contribution is 7.89. The Morgan fingerprint density at radius 2 is 1.43 bits per heavy atom. The third-order valence-corrected chi connectivity index (χ3v) is 7.32. The molecule has 1 aliphatic rings. The maximum Gasteiger partial charge on any atom is 0.269 e. The highest BCUT2D eigenvalue weighted by atomic mass is 32.2. The fraction of sp³-hybridized carbons (Fsp3) is 0.348. The summed E-state index contributed by atoms with van der Waals surface area (Å²) in [5.41, 5.74) is 4.83. The van der Waals surface area contributed by atoms with Crippen molar-refractivity contribution in [2.24, 2.45) is 0 Å². The molecular weight excluding hydrogens is 476 g/mol. The van der Waals surface area contributed by atoms with Crippen LogP contribution in [-0.4, -0.2) is 64.3 Å². The van der Waals surface area contributed by atoms with Crippen molar-refractivity contribution in [1.29, 1.82) is 0 Å². The number of rotatable bonds is 8. The second-order valence-electron chi connectivity index (χ2n) is 7.78. The Hall–Kier alpha value is -3.64. The lowest BCUT2D eigenvalue weighted by atomic mass is 10.2. The Labute approximate surface area is 203 Å². The van der Waals surface area contributed by atoms with Crippen molar-refractivity contribution in [3.8, 4) is 11.5 Å². The third-order valence-electron chi connectivity index (χ3n) is 5.41. The van der Waals surface area contributed by atoms with Gasteiger partial charge in [-0.2, -0.15) is 4.31 Å². The fourth-order valence-electron chi connectivity index (χ4n) is 3.48. The summed E-state index contributed by atoms with van der Waals surface area (Å²) in [7, 11) is -0.697. The molecule has 1 fully saturated rings. The summed E-state index contributed by atoms with van der Waals surface area (Å²) < 4.78 is 37.1. The standard InChI is InChI=1S/C23H28N4O7S/c1-33-18-12-17(13-19(14-18)34-2)22(29)24-15-21(28)25-26-23(30)16-6-8-20(9-7-16)35(31,32)27-10-4-3-5-11-27/h6-9,12-14H,3-5,10-11,15H2,1-2H3,(H,24,29)(H,25,28)(H,26,30). The van der Waals surface area contributed by atoms with Crippen molar-refractivity contribution in [1.82, 2.24) is 20.5 Å². The van der Waals surface area contributed by atoms with Gasteiger partial charge in [-0.1, -0.05) is 6.42 Å². The molecule has 12 heteroatoms. The summed E-state index contributed by atoms with van der Waals surface area (Å²) in [4.78, 5) is 36.8. The second-order valence-corrected chi connectivity index (χ2v) is 9.71. The fourth-order valence-corrected chi connectivity index (χ4v) is 4.99. The van der Waals surface area contributed by atoms with E-state index in [-0.39, 0.29) is 16.0 Å². The van der Waals surface area contributed by atoms with E-state index in [2.05, 4.69) is 16.2 Å². The van der Waals surface area contributed by atoms with Gasteiger partial charge in [0.25, 0.3) is 17.7 Å². The van der Waals surface area contributed by atoms with Gasteiger partial charge in [-0.15, -0.1) is 0 Å². The van der Waals surface area contributed by atoms with Crippen molar-refractivity contribution in [2.45, 2.75) is 24.2 Å². The second kappa shape index (κ2) is 11.7. The topological polar surface area (TPSA) is 143 Å². The van der Waals surface area contributed by atoms with Crippen molar-refractivity contribution >= 4 is 27.7 Å². The van der Waals surface area contributed by atoms with E-state index in [1.165, 1.54) is 54.9 Å². The first kappa shape index (κ1) is 26.0. The van der Waals surface area contributed by atoms with Gasteiger partial charge >= 0.3 is 0 Å². The average Bonchev–Trinajstić information content (AvgIpc) is 2.90. The predicted molar refractivity (Wildman–Crippen MR) is 127 cm³/mol. The monoisotopic (exact) mass is 504 g/mol. The van der Waals surface area contributed by atoms with Gasteiger partial charge in [0.1, 0.15) is 11.5 Å². The molecule has 1 saturated heterocycles. The highest BCUT2D eigenvalue weighted by Gasteiger charge is 2.26. The quantitative estimate of drug-likeness (QED) is 0.456. The lowest BCUT2D eigenvalue weighted by Crippen LogP contribution is -2.46. The van der Waals surface area contributed by atoms with Gasteiger partial charge in [-0.25, -0.2) is 8.42 Å². The van der Waals surface area contributed by atoms with Gasteiger partial charge in [-0.05, 0) is 49.2 Å². The van der Waals surface area contributed by atoms with Crippen LogP contribution in [0.1, 0.15) is 40.0 Å². The molecule has 3 amide bonds. The minimum Gasteiger partial charge on any atom is -0.497 e. The highest BCUT2D eigenvalue weighted by Crippen LogP contribution is 2.22. The Kier molecular flexibility index (Phi) is 8.66.